The zero-order valence-corrected chi connectivity index (χ0v) is 9.69. The number of hydrogen-bond acceptors (Lipinski definition) is 5. The van der Waals surface area contributed by atoms with E-state index in [0.717, 1.165) is 4.57 Å². The van der Waals surface area contributed by atoms with Gasteiger partial charge >= 0.3 is 5.69 Å². The van der Waals surface area contributed by atoms with Gasteiger partial charge < -0.3 is 5.21 Å². The Kier molecular flexibility index (Phi) is 2.92. The number of hydrogen-bond donors (Lipinski definition) is 2. The van der Waals surface area contributed by atoms with Crippen molar-refractivity contribution in [2.75, 3.05) is 0 Å². The second-order valence-electron chi connectivity index (χ2n) is 3.32. The highest BCUT2D eigenvalue weighted by molar-refractivity contribution is 7.12. The molecule has 0 aliphatic carbocycles. The maximum atomic E-state index is 11.7. The van der Waals surface area contributed by atoms with Gasteiger partial charge in [0.05, 0.1) is 4.88 Å². The Balaban J connectivity index is 2.69. The van der Waals surface area contributed by atoms with Crippen molar-refractivity contribution in [3.05, 3.63) is 55.0 Å². The van der Waals surface area contributed by atoms with Crippen LogP contribution in [0, 0.1) is 6.92 Å². The van der Waals surface area contributed by atoms with Crippen LogP contribution in [0.4, 0.5) is 0 Å². The molecule has 2 aromatic heterocycles. The normalized spacial score (nSPS) is 11.7. The molecule has 2 N–H and O–H groups in total. The Bertz CT molecular complexity index is 667. The minimum Gasteiger partial charge on any atom is -0.409 e. The fourth-order valence-electron chi connectivity index (χ4n) is 1.49. The van der Waals surface area contributed by atoms with E-state index in [1.807, 2.05) is 0 Å². The highest BCUT2D eigenvalue weighted by Gasteiger charge is 2.13. The van der Waals surface area contributed by atoms with Gasteiger partial charge in [0.25, 0.3) is 5.56 Å². The standard InChI is InChI=1S/C10H9N3O3S/c1-6-5-8(14)11-10(15)13(6)9(12-16)7-3-2-4-17-7/h2-5,16H,1H3,(H,11,14,15)/b12-9-. The molecular formula is C10H9N3O3S. The molecule has 0 spiro atoms. The van der Waals surface area contributed by atoms with E-state index in [2.05, 4.69) is 10.1 Å². The molecule has 17 heavy (non-hydrogen) atoms. The summed E-state index contributed by atoms with van der Waals surface area (Å²) < 4.78 is 1.15. The lowest BCUT2D eigenvalue weighted by molar-refractivity contribution is 0.317. The summed E-state index contributed by atoms with van der Waals surface area (Å²) in [6.07, 6.45) is 0. The Hall–Kier alpha value is -2.15. The van der Waals surface area contributed by atoms with E-state index in [4.69, 9.17) is 5.21 Å². The minimum absolute atomic E-state index is 0.0961. The van der Waals surface area contributed by atoms with Crippen molar-refractivity contribution >= 4 is 17.2 Å². The number of thiophene rings is 1. The van der Waals surface area contributed by atoms with Gasteiger partial charge in [0.15, 0.2) is 5.84 Å². The van der Waals surface area contributed by atoms with Crippen LogP contribution in [0.5, 0.6) is 0 Å². The van der Waals surface area contributed by atoms with Crippen LogP contribution >= 0.6 is 11.3 Å². The molecule has 0 radical (unpaired) electrons. The minimum atomic E-state index is -0.629. The van der Waals surface area contributed by atoms with Crippen LogP contribution in [0.25, 0.3) is 0 Å². The third-order valence-electron chi connectivity index (χ3n) is 2.17. The van der Waals surface area contributed by atoms with E-state index in [-0.39, 0.29) is 5.84 Å². The van der Waals surface area contributed by atoms with Crippen LogP contribution in [0.3, 0.4) is 0 Å². The van der Waals surface area contributed by atoms with Crippen LogP contribution in [-0.2, 0) is 0 Å². The molecule has 2 rings (SSSR count). The molecule has 0 aliphatic rings. The van der Waals surface area contributed by atoms with Crippen molar-refractivity contribution in [3.63, 3.8) is 0 Å². The van der Waals surface area contributed by atoms with Crippen molar-refractivity contribution in [2.24, 2.45) is 5.16 Å². The molecular weight excluding hydrogens is 242 g/mol. The van der Waals surface area contributed by atoms with Gasteiger partial charge in [-0.25, -0.2) is 9.36 Å². The Labute approximate surface area is 99.5 Å². The third-order valence-corrected chi connectivity index (χ3v) is 3.04. The zero-order chi connectivity index (χ0) is 12.4. The summed E-state index contributed by atoms with van der Waals surface area (Å²) in [5.74, 6) is 0.0961. The maximum Gasteiger partial charge on any atom is 0.334 e. The maximum absolute atomic E-state index is 11.7. The van der Waals surface area contributed by atoms with Crippen LogP contribution in [-0.4, -0.2) is 20.6 Å². The molecule has 0 atom stereocenters. The van der Waals surface area contributed by atoms with Crippen LogP contribution in [0.15, 0.2) is 38.3 Å². The largest absolute Gasteiger partial charge is 0.409 e. The van der Waals surface area contributed by atoms with Crippen molar-refractivity contribution in [1.29, 1.82) is 0 Å². The molecule has 0 aromatic carbocycles. The number of aromatic amines is 1. The van der Waals surface area contributed by atoms with E-state index in [1.54, 1.807) is 24.4 Å². The average Bonchev–Trinajstić information content (AvgIpc) is 2.76. The fourth-order valence-corrected chi connectivity index (χ4v) is 2.18. The predicted octanol–water partition coefficient (Wildman–Crippen LogP) is 0.591. The quantitative estimate of drug-likeness (QED) is 0.336. The molecule has 0 bridgehead atoms. The topological polar surface area (TPSA) is 87.5 Å². The number of aromatic nitrogens is 2. The van der Waals surface area contributed by atoms with Crippen molar-refractivity contribution in [3.8, 4) is 0 Å². The molecule has 0 amide bonds. The summed E-state index contributed by atoms with van der Waals surface area (Å²) in [7, 11) is 0. The molecule has 7 heteroatoms. The number of nitrogens with zero attached hydrogens (tertiary/aromatic N) is 2. The van der Waals surface area contributed by atoms with Gasteiger partial charge in [0.1, 0.15) is 0 Å². The van der Waals surface area contributed by atoms with Gasteiger partial charge in [-0.3, -0.25) is 9.78 Å². The molecule has 6 nitrogen and oxygen atoms in total. The van der Waals surface area contributed by atoms with Gasteiger partial charge in [0.2, 0.25) is 0 Å². The fraction of sp³-hybridized carbons (Fsp3) is 0.100. The Morgan fingerprint density at radius 3 is 2.82 bits per heavy atom. The van der Waals surface area contributed by atoms with Crippen LogP contribution < -0.4 is 11.2 Å². The van der Waals surface area contributed by atoms with Gasteiger partial charge in [-0.2, -0.15) is 0 Å². The highest BCUT2D eigenvalue weighted by Crippen LogP contribution is 2.11. The molecule has 0 saturated carbocycles. The summed E-state index contributed by atoms with van der Waals surface area (Å²) in [4.78, 5) is 25.5. The number of aryl methyl sites for hydroxylation is 1. The third kappa shape index (κ3) is 2.04. The lowest BCUT2D eigenvalue weighted by atomic mass is 10.3. The average molecular weight is 251 g/mol. The molecule has 0 aliphatic heterocycles. The molecule has 0 saturated heterocycles. The van der Waals surface area contributed by atoms with Crippen molar-refractivity contribution < 1.29 is 5.21 Å². The molecule has 2 aromatic rings. The number of oxime groups is 1. The number of nitrogens with one attached hydrogen (secondary N) is 1. The SMILES string of the molecule is Cc1cc(=O)[nH]c(=O)n1/C(=N\O)c1cccs1. The first-order valence-corrected chi connectivity index (χ1v) is 5.60. The monoisotopic (exact) mass is 251 g/mol. The van der Waals surface area contributed by atoms with E-state index >= 15 is 0 Å². The van der Waals surface area contributed by atoms with Crippen molar-refractivity contribution in [1.82, 2.24) is 9.55 Å². The Morgan fingerprint density at radius 1 is 1.53 bits per heavy atom. The molecule has 88 valence electrons. The molecule has 2 heterocycles. The lowest BCUT2D eigenvalue weighted by Gasteiger charge is -2.08. The van der Waals surface area contributed by atoms with Crippen LogP contribution in [0.1, 0.15) is 10.6 Å². The van der Waals surface area contributed by atoms with Gasteiger partial charge in [-0.05, 0) is 18.4 Å². The highest BCUT2D eigenvalue weighted by atomic mass is 32.1. The smallest absolute Gasteiger partial charge is 0.334 e. The first kappa shape index (κ1) is 11.3. The first-order chi connectivity index (χ1) is 8.13. The zero-order valence-electron chi connectivity index (χ0n) is 8.88. The predicted molar refractivity (Wildman–Crippen MR) is 64.1 cm³/mol. The summed E-state index contributed by atoms with van der Waals surface area (Å²) in [6.45, 7) is 1.59. The van der Waals surface area contributed by atoms with E-state index in [9.17, 15) is 9.59 Å². The summed E-state index contributed by atoms with van der Waals surface area (Å²) in [5.41, 5.74) is -0.705. The first-order valence-electron chi connectivity index (χ1n) is 4.73. The van der Waals surface area contributed by atoms with E-state index < -0.39 is 11.2 Å². The van der Waals surface area contributed by atoms with Gasteiger partial charge in [-0.1, -0.05) is 11.2 Å². The summed E-state index contributed by atoms with van der Waals surface area (Å²) >= 11 is 1.33. The molecule has 0 fully saturated rings. The van der Waals surface area contributed by atoms with E-state index in [0.29, 0.717) is 10.6 Å². The number of H-pyrrole nitrogens is 1. The number of rotatable bonds is 1. The Morgan fingerprint density at radius 2 is 2.29 bits per heavy atom. The van der Waals surface area contributed by atoms with Crippen molar-refractivity contribution in [2.45, 2.75) is 6.92 Å². The second kappa shape index (κ2) is 4.38. The summed E-state index contributed by atoms with van der Waals surface area (Å²) in [5, 5.41) is 13.9. The van der Waals surface area contributed by atoms with Gasteiger partial charge in [0, 0.05) is 11.8 Å². The van der Waals surface area contributed by atoms with Crippen LogP contribution in [0.2, 0.25) is 0 Å². The molecule has 0 unspecified atom stereocenters. The van der Waals surface area contributed by atoms with E-state index in [1.165, 1.54) is 17.4 Å². The van der Waals surface area contributed by atoms with Gasteiger partial charge in [-0.15, -0.1) is 11.3 Å². The summed E-state index contributed by atoms with van der Waals surface area (Å²) in [6, 6.07) is 4.76. The second-order valence-corrected chi connectivity index (χ2v) is 4.26. The lowest BCUT2D eigenvalue weighted by Crippen LogP contribution is -2.35.